The number of aliphatic hydroxyl groups excluding tert-OH is 1. The molecule has 1 aliphatic heterocycles. The van der Waals surface area contributed by atoms with Crippen molar-refractivity contribution in [1.29, 1.82) is 0 Å². The van der Waals surface area contributed by atoms with Crippen LogP contribution in [0.5, 0.6) is 0 Å². The van der Waals surface area contributed by atoms with Crippen LogP contribution in [0.25, 0.3) is 0 Å². The van der Waals surface area contributed by atoms with Crippen LogP contribution in [0.1, 0.15) is 0 Å². The van der Waals surface area contributed by atoms with E-state index in [9.17, 15) is 0 Å². The molecule has 0 spiro atoms. The Morgan fingerprint density at radius 3 is 2.33 bits per heavy atom. The van der Waals surface area contributed by atoms with Gasteiger partial charge >= 0.3 is 0 Å². The summed E-state index contributed by atoms with van der Waals surface area (Å²) in [6.07, 6.45) is 3.80. The van der Waals surface area contributed by atoms with Crippen molar-refractivity contribution in [3.05, 3.63) is 0 Å². The van der Waals surface area contributed by atoms with Crippen LogP contribution in [0.4, 0.5) is 0 Å². The lowest BCUT2D eigenvalue weighted by Crippen LogP contribution is -1.83. The lowest BCUT2D eigenvalue weighted by Gasteiger charge is -1.60. The van der Waals surface area contributed by atoms with Gasteiger partial charge in [0.05, 0.1) is 0 Å². The van der Waals surface area contributed by atoms with E-state index in [-0.39, 0.29) is 6.10 Å². The van der Waals surface area contributed by atoms with E-state index in [1.807, 2.05) is 0 Å². The third-order valence-electron chi connectivity index (χ3n) is 0.633. The highest BCUT2D eigenvalue weighted by Gasteiger charge is 2.34. The molecule has 0 aromatic carbocycles. The van der Waals surface area contributed by atoms with Gasteiger partial charge in [0.15, 0.2) is 12.4 Å². The standard InChI is InChI=1S/C4H4O2/c1-2-3-4(5)6-3/h1,3-5H. The molecule has 2 unspecified atom stereocenters. The van der Waals surface area contributed by atoms with E-state index in [0.717, 1.165) is 0 Å². The molecule has 0 saturated carbocycles. The van der Waals surface area contributed by atoms with Crippen LogP contribution >= 0.6 is 0 Å². The average molecular weight is 84.1 g/mol. The molecule has 0 radical (unpaired) electrons. The van der Waals surface area contributed by atoms with E-state index in [4.69, 9.17) is 11.5 Å². The highest BCUT2D eigenvalue weighted by Crippen LogP contribution is 2.15. The van der Waals surface area contributed by atoms with Gasteiger partial charge in [-0.2, -0.15) is 0 Å². The summed E-state index contributed by atoms with van der Waals surface area (Å²) in [5.41, 5.74) is 0. The quantitative estimate of drug-likeness (QED) is 0.312. The second-order valence-corrected chi connectivity index (χ2v) is 1.11. The lowest BCUT2D eigenvalue weighted by atomic mass is 10.5. The summed E-state index contributed by atoms with van der Waals surface area (Å²) in [5, 5.41) is 8.26. The Morgan fingerprint density at radius 1 is 1.83 bits per heavy atom. The Morgan fingerprint density at radius 2 is 2.33 bits per heavy atom. The molecule has 1 rings (SSSR count). The molecule has 2 atom stereocenters. The molecular weight excluding hydrogens is 80.0 g/mol. The Labute approximate surface area is 35.7 Å². The van der Waals surface area contributed by atoms with E-state index in [1.165, 1.54) is 0 Å². The van der Waals surface area contributed by atoms with Crippen LogP contribution in [0.3, 0.4) is 0 Å². The van der Waals surface area contributed by atoms with E-state index in [0.29, 0.717) is 0 Å². The molecule has 0 amide bonds. The van der Waals surface area contributed by atoms with Gasteiger partial charge in [-0.3, -0.25) is 0 Å². The van der Waals surface area contributed by atoms with Crippen molar-refractivity contribution >= 4 is 0 Å². The second-order valence-electron chi connectivity index (χ2n) is 1.11. The maximum Gasteiger partial charge on any atom is 0.194 e. The molecule has 6 heavy (non-hydrogen) atoms. The zero-order valence-electron chi connectivity index (χ0n) is 3.09. The van der Waals surface area contributed by atoms with Gasteiger partial charge in [-0.15, -0.1) is 6.42 Å². The molecule has 0 aromatic rings. The minimum Gasteiger partial charge on any atom is -0.365 e. The van der Waals surface area contributed by atoms with Crippen molar-refractivity contribution in [2.45, 2.75) is 12.4 Å². The Hall–Kier alpha value is -0.520. The number of terminal acetylenes is 1. The summed E-state index contributed by atoms with van der Waals surface area (Å²) >= 11 is 0. The van der Waals surface area contributed by atoms with Crippen molar-refractivity contribution in [3.63, 3.8) is 0 Å². The van der Waals surface area contributed by atoms with Gasteiger partial charge in [0.1, 0.15) is 0 Å². The largest absolute Gasteiger partial charge is 0.365 e. The Kier molecular flexibility index (Phi) is 0.592. The minimum absolute atomic E-state index is 0.315. The zero-order valence-corrected chi connectivity index (χ0v) is 3.09. The van der Waals surface area contributed by atoms with E-state index in [2.05, 4.69) is 10.7 Å². The first-order chi connectivity index (χ1) is 2.84. The van der Waals surface area contributed by atoms with Crippen LogP contribution in [-0.4, -0.2) is 17.5 Å². The van der Waals surface area contributed by atoms with Crippen LogP contribution in [0.2, 0.25) is 0 Å². The van der Waals surface area contributed by atoms with Gasteiger partial charge in [0.25, 0.3) is 0 Å². The first kappa shape index (κ1) is 3.66. The molecule has 32 valence electrons. The first-order valence-electron chi connectivity index (χ1n) is 1.64. The topological polar surface area (TPSA) is 32.8 Å². The van der Waals surface area contributed by atoms with Crippen molar-refractivity contribution in [3.8, 4) is 12.3 Å². The monoisotopic (exact) mass is 84.0 g/mol. The van der Waals surface area contributed by atoms with Crippen LogP contribution in [0, 0.1) is 12.3 Å². The summed E-state index contributed by atoms with van der Waals surface area (Å²) in [6.45, 7) is 0. The molecule has 2 heteroatoms. The number of hydrogen-bond donors (Lipinski definition) is 1. The summed E-state index contributed by atoms with van der Waals surface area (Å²) in [7, 11) is 0. The highest BCUT2D eigenvalue weighted by molar-refractivity contribution is 5.03. The fourth-order valence-electron chi connectivity index (χ4n) is 0.226. The summed E-state index contributed by atoms with van der Waals surface area (Å²) < 4.78 is 4.39. The minimum atomic E-state index is -0.671. The maximum atomic E-state index is 8.26. The molecule has 1 aliphatic rings. The second kappa shape index (κ2) is 0.970. The van der Waals surface area contributed by atoms with Crippen molar-refractivity contribution < 1.29 is 9.84 Å². The lowest BCUT2D eigenvalue weighted by molar-refractivity contribution is 0.156. The van der Waals surface area contributed by atoms with Gasteiger partial charge in [0.2, 0.25) is 0 Å². The number of aliphatic hydroxyl groups is 1. The normalized spacial score (nSPS) is 41.3. The third kappa shape index (κ3) is 0.383. The molecule has 1 N–H and O–H groups in total. The molecule has 1 saturated heterocycles. The van der Waals surface area contributed by atoms with Crippen LogP contribution in [0.15, 0.2) is 0 Å². The SMILES string of the molecule is C#CC1OC1O. The number of ether oxygens (including phenoxy) is 1. The van der Waals surface area contributed by atoms with Gasteiger partial charge in [-0.25, -0.2) is 0 Å². The molecular formula is C4H4O2. The van der Waals surface area contributed by atoms with Crippen LogP contribution < -0.4 is 0 Å². The number of rotatable bonds is 0. The molecule has 1 fully saturated rings. The van der Waals surface area contributed by atoms with Gasteiger partial charge < -0.3 is 9.84 Å². The molecule has 0 aliphatic carbocycles. The molecule has 1 heterocycles. The summed E-state index contributed by atoms with van der Waals surface area (Å²) in [4.78, 5) is 0. The fourth-order valence-corrected chi connectivity index (χ4v) is 0.226. The number of hydrogen-bond acceptors (Lipinski definition) is 2. The van der Waals surface area contributed by atoms with Gasteiger partial charge in [-0.05, 0) is 0 Å². The highest BCUT2D eigenvalue weighted by atomic mass is 16.7. The van der Waals surface area contributed by atoms with Crippen molar-refractivity contribution in [2.75, 3.05) is 0 Å². The fraction of sp³-hybridized carbons (Fsp3) is 0.500. The molecule has 0 bridgehead atoms. The maximum absolute atomic E-state index is 8.26. The van der Waals surface area contributed by atoms with E-state index < -0.39 is 6.29 Å². The van der Waals surface area contributed by atoms with Gasteiger partial charge in [0, 0.05) is 0 Å². The number of epoxide rings is 1. The summed E-state index contributed by atoms with van der Waals surface area (Å²) in [5.74, 6) is 2.22. The van der Waals surface area contributed by atoms with E-state index >= 15 is 0 Å². The summed E-state index contributed by atoms with van der Waals surface area (Å²) in [6, 6.07) is 0. The molecule has 2 nitrogen and oxygen atoms in total. The molecule has 0 aromatic heterocycles. The average Bonchev–Trinajstić information content (AvgIpc) is 2.19. The Balaban J connectivity index is 2.31. The smallest absolute Gasteiger partial charge is 0.194 e. The van der Waals surface area contributed by atoms with Gasteiger partial charge in [-0.1, -0.05) is 5.92 Å². The van der Waals surface area contributed by atoms with Crippen molar-refractivity contribution in [1.82, 2.24) is 0 Å². The first-order valence-corrected chi connectivity index (χ1v) is 1.64. The predicted molar refractivity (Wildman–Crippen MR) is 19.7 cm³/mol. The third-order valence-corrected chi connectivity index (χ3v) is 0.633. The van der Waals surface area contributed by atoms with E-state index in [1.54, 1.807) is 0 Å². The Bertz CT molecular complexity index is 92.2. The zero-order chi connectivity index (χ0) is 4.57. The van der Waals surface area contributed by atoms with Crippen LogP contribution in [-0.2, 0) is 4.74 Å². The van der Waals surface area contributed by atoms with Crippen molar-refractivity contribution in [2.24, 2.45) is 0 Å². The predicted octanol–water partition coefficient (Wildman–Crippen LogP) is -0.663.